The monoisotopic (exact) mass is 457 g/mol. The number of carbonyl (C=O) groups is 1. The topological polar surface area (TPSA) is 63.1 Å². The number of hydrogen-bond acceptors (Lipinski definition) is 4. The molecule has 1 amide bonds. The first-order valence-corrected chi connectivity index (χ1v) is 10.8. The van der Waals surface area contributed by atoms with Gasteiger partial charge in [-0.15, -0.1) is 0 Å². The molecule has 6 nitrogen and oxygen atoms in total. The Bertz CT molecular complexity index is 1090. The molecule has 33 heavy (non-hydrogen) atoms. The van der Waals surface area contributed by atoms with Crippen LogP contribution in [0.3, 0.4) is 0 Å². The highest BCUT2D eigenvalue weighted by molar-refractivity contribution is 5.92. The van der Waals surface area contributed by atoms with E-state index in [4.69, 9.17) is 0 Å². The van der Waals surface area contributed by atoms with Crippen molar-refractivity contribution in [3.63, 3.8) is 0 Å². The van der Waals surface area contributed by atoms with Crippen LogP contribution in [-0.4, -0.2) is 44.7 Å². The number of aryl methyl sites for hydroxylation is 2. The molecular formula is C24H26F3N5O. The maximum Gasteiger partial charge on any atom is 0.416 e. The van der Waals surface area contributed by atoms with Crippen molar-refractivity contribution < 1.29 is 18.0 Å². The molecule has 0 saturated carbocycles. The first-order valence-electron chi connectivity index (χ1n) is 10.8. The molecule has 2 aromatic heterocycles. The molecule has 174 valence electrons. The van der Waals surface area contributed by atoms with Crippen LogP contribution in [0, 0.1) is 6.92 Å². The van der Waals surface area contributed by atoms with Crippen LogP contribution in [0.5, 0.6) is 0 Å². The van der Waals surface area contributed by atoms with Crippen LogP contribution in [0.1, 0.15) is 51.8 Å². The molecule has 1 saturated heterocycles. The molecule has 3 aromatic rings. The number of piperidine rings is 1. The number of rotatable bonds is 5. The molecule has 1 aromatic carbocycles. The Labute approximate surface area is 190 Å². The summed E-state index contributed by atoms with van der Waals surface area (Å²) in [6.45, 7) is 3.22. The maximum atomic E-state index is 13.0. The molecule has 1 unspecified atom stereocenters. The summed E-state index contributed by atoms with van der Waals surface area (Å²) in [7, 11) is 1.74. The zero-order valence-electron chi connectivity index (χ0n) is 18.5. The summed E-state index contributed by atoms with van der Waals surface area (Å²) < 4.78 is 40.7. The van der Waals surface area contributed by atoms with Crippen LogP contribution in [0.25, 0.3) is 0 Å². The van der Waals surface area contributed by atoms with Gasteiger partial charge in [-0.25, -0.2) is 0 Å². The average molecular weight is 458 g/mol. The number of nitrogens with zero attached hydrogens (tertiary/aromatic N) is 4. The fraction of sp³-hybridized carbons (Fsp3) is 0.375. The van der Waals surface area contributed by atoms with Crippen molar-refractivity contribution >= 4 is 5.91 Å². The largest absolute Gasteiger partial charge is 0.416 e. The quantitative estimate of drug-likeness (QED) is 0.626. The third kappa shape index (κ3) is 5.24. The minimum atomic E-state index is -4.37. The second-order valence-corrected chi connectivity index (χ2v) is 8.39. The van der Waals surface area contributed by atoms with E-state index in [0.717, 1.165) is 41.8 Å². The normalized spacial score (nSPS) is 16.5. The predicted molar refractivity (Wildman–Crippen MR) is 118 cm³/mol. The van der Waals surface area contributed by atoms with Crippen molar-refractivity contribution in [3.05, 3.63) is 82.9 Å². The Balaban J connectivity index is 1.48. The molecule has 0 aliphatic carbocycles. The van der Waals surface area contributed by atoms with Gasteiger partial charge in [0.05, 0.1) is 17.3 Å². The number of nitrogens with one attached hydrogen (secondary N) is 1. The van der Waals surface area contributed by atoms with Crippen molar-refractivity contribution in [2.75, 3.05) is 13.1 Å². The minimum absolute atomic E-state index is 0.0195. The van der Waals surface area contributed by atoms with E-state index in [-0.39, 0.29) is 18.0 Å². The zero-order chi connectivity index (χ0) is 23.6. The van der Waals surface area contributed by atoms with Gasteiger partial charge in [-0.3, -0.25) is 19.4 Å². The number of likely N-dealkylation sites (tertiary alicyclic amines) is 1. The van der Waals surface area contributed by atoms with Gasteiger partial charge >= 0.3 is 6.18 Å². The number of aromatic nitrogens is 3. The zero-order valence-corrected chi connectivity index (χ0v) is 18.5. The average Bonchev–Trinajstić information content (AvgIpc) is 3.14. The van der Waals surface area contributed by atoms with Crippen molar-refractivity contribution in [2.45, 2.75) is 38.0 Å². The number of halogens is 3. The van der Waals surface area contributed by atoms with Gasteiger partial charge in [0.25, 0.3) is 5.91 Å². The molecule has 3 heterocycles. The lowest BCUT2D eigenvalue weighted by molar-refractivity contribution is -0.137. The van der Waals surface area contributed by atoms with Crippen LogP contribution in [0.4, 0.5) is 13.2 Å². The smallest absolute Gasteiger partial charge is 0.348 e. The molecule has 9 heteroatoms. The summed E-state index contributed by atoms with van der Waals surface area (Å²) in [6, 6.07) is 10.7. The summed E-state index contributed by atoms with van der Waals surface area (Å²) in [5.74, 6) is -0.150. The predicted octanol–water partition coefficient (Wildman–Crippen LogP) is 4.13. The first kappa shape index (κ1) is 23.0. The molecule has 4 rings (SSSR count). The van der Waals surface area contributed by atoms with Crippen molar-refractivity contribution in [3.8, 4) is 0 Å². The molecule has 1 fully saturated rings. The Morgan fingerprint density at radius 1 is 1.12 bits per heavy atom. The Morgan fingerprint density at radius 3 is 2.36 bits per heavy atom. The number of amides is 1. The molecule has 1 N–H and O–H groups in total. The lowest BCUT2D eigenvalue weighted by atomic mass is 9.94. The highest BCUT2D eigenvalue weighted by Crippen LogP contribution is 2.34. The lowest BCUT2D eigenvalue weighted by Crippen LogP contribution is -2.46. The van der Waals surface area contributed by atoms with Crippen LogP contribution in [0.2, 0.25) is 0 Å². The molecular weight excluding hydrogens is 431 g/mol. The second-order valence-electron chi connectivity index (χ2n) is 8.39. The highest BCUT2D eigenvalue weighted by Gasteiger charge is 2.32. The molecule has 1 aliphatic rings. The first-order chi connectivity index (χ1) is 15.7. The van der Waals surface area contributed by atoms with Gasteiger partial charge in [-0.1, -0.05) is 18.2 Å². The molecule has 0 radical (unpaired) electrons. The second kappa shape index (κ2) is 9.35. The lowest BCUT2D eigenvalue weighted by Gasteiger charge is -2.38. The van der Waals surface area contributed by atoms with Gasteiger partial charge in [-0.05, 0) is 55.2 Å². The van der Waals surface area contributed by atoms with Crippen molar-refractivity contribution in [2.24, 2.45) is 7.05 Å². The van der Waals surface area contributed by atoms with Crippen LogP contribution >= 0.6 is 0 Å². The summed E-state index contributed by atoms with van der Waals surface area (Å²) in [4.78, 5) is 19.1. The van der Waals surface area contributed by atoms with E-state index in [9.17, 15) is 18.0 Å². The summed E-state index contributed by atoms with van der Waals surface area (Å²) in [5.41, 5.74) is 2.35. The minimum Gasteiger partial charge on any atom is -0.348 e. The highest BCUT2D eigenvalue weighted by atomic mass is 19.4. The third-order valence-corrected chi connectivity index (χ3v) is 6.02. The standard InChI is InChI=1S/C24H26F3N5O/c1-16-14-21(31(2)30-16)23(33)29-20-9-12-32(13-10-20)22(18-4-3-11-28-15-18)17-5-7-19(8-6-17)24(25,26)27/h3-8,11,14-15,20,22H,9-10,12-13H2,1-2H3,(H,29,33). The van der Waals surface area contributed by atoms with E-state index >= 15 is 0 Å². The van der Waals surface area contributed by atoms with E-state index < -0.39 is 11.7 Å². The van der Waals surface area contributed by atoms with Crippen molar-refractivity contribution in [1.29, 1.82) is 0 Å². The Morgan fingerprint density at radius 2 is 1.82 bits per heavy atom. The number of carbonyl (C=O) groups excluding carboxylic acids is 1. The Kier molecular flexibility index (Phi) is 6.51. The van der Waals surface area contributed by atoms with E-state index in [2.05, 4.69) is 20.3 Å². The van der Waals surface area contributed by atoms with Gasteiger partial charge < -0.3 is 5.32 Å². The van der Waals surface area contributed by atoms with Gasteiger partial charge in [0.2, 0.25) is 0 Å². The number of hydrogen-bond donors (Lipinski definition) is 1. The summed E-state index contributed by atoms with van der Waals surface area (Å²) in [6.07, 6.45) is 0.529. The van der Waals surface area contributed by atoms with E-state index in [1.54, 1.807) is 42.3 Å². The molecule has 1 aliphatic heterocycles. The molecule has 1 atom stereocenters. The fourth-order valence-electron chi connectivity index (χ4n) is 4.39. The summed E-state index contributed by atoms with van der Waals surface area (Å²) >= 11 is 0. The fourth-order valence-corrected chi connectivity index (χ4v) is 4.39. The third-order valence-electron chi connectivity index (χ3n) is 6.02. The number of pyridine rings is 1. The van der Waals surface area contributed by atoms with Crippen LogP contribution in [-0.2, 0) is 13.2 Å². The number of alkyl halides is 3. The van der Waals surface area contributed by atoms with Crippen molar-refractivity contribution in [1.82, 2.24) is 25.0 Å². The van der Waals surface area contributed by atoms with Gasteiger partial charge in [0.1, 0.15) is 5.69 Å². The van der Waals surface area contributed by atoms with Gasteiger partial charge in [0.15, 0.2) is 0 Å². The van der Waals surface area contributed by atoms with Crippen LogP contribution in [0.15, 0.2) is 54.9 Å². The van der Waals surface area contributed by atoms with Crippen LogP contribution < -0.4 is 5.32 Å². The van der Waals surface area contributed by atoms with Gasteiger partial charge in [0, 0.05) is 38.6 Å². The van der Waals surface area contributed by atoms with E-state index in [1.165, 1.54) is 0 Å². The van der Waals surface area contributed by atoms with E-state index in [1.807, 2.05) is 19.1 Å². The SMILES string of the molecule is Cc1cc(C(=O)NC2CCN(C(c3ccc(C(F)(F)F)cc3)c3cccnc3)CC2)n(C)n1. The van der Waals surface area contributed by atoms with Gasteiger partial charge in [-0.2, -0.15) is 18.3 Å². The number of benzene rings is 1. The molecule has 0 bridgehead atoms. The molecule has 0 spiro atoms. The van der Waals surface area contributed by atoms with E-state index in [0.29, 0.717) is 18.8 Å². The summed E-state index contributed by atoms with van der Waals surface area (Å²) in [5, 5.41) is 7.31. The Hall–Kier alpha value is -3.20. The maximum absolute atomic E-state index is 13.0.